The highest BCUT2D eigenvalue weighted by molar-refractivity contribution is 5.93. The zero-order chi connectivity index (χ0) is 15.9. The Bertz CT molecular complexity index is 650. The monoisotopic (exact) mass is 296 g/mol. The van der Waals surface area contributed by atoms with Crippen LogP contribution in [-0.2, 0) is 5.41 Å². The molecule has 2 nitrogen and oxygen atoms in total. The number of hydrogen-bond donors (Lipinski definition) is 0. The molecule has 3 rings (SSSR count). The molecule has 0 aliphatic carbocycles. The molecule has 0 fully saturated rings. The molecule has 0 saturated carbocycles. The van der Waals surface area contributed by atoms with Crippen LogP contribution in [0.1, 0.15) is 45.7 Å². The third-order valence-electron chi connectivity index (χ3n) is 5.48. The van der Waals surface area contributed by atoms with Crippen molar-refractivity contribution in [3.05, 3.63) is 41.8 Å². The van der Waals surface area contributed by atoms with Gasteiger partial charge in [0.1, 0.15) is 18.2 Å². The first kappa shape index (κ1) is 15.4. The maximum atomic E-state index is 2.48. The molecular formula is C20H28N2+2. The SMILES string of the molecule is CCN1C[CH+]C=C(c2ccc3c(c2)C(C)(C)C(C)=[N+]3CC)C1. The van der Waals surface area contributed by atoms with E-state index in [-0.39, 0.29) is 5.41 Å². The van der Waals surface area contributed by atoms with Gasteiger partial charge in [0.05, 0.1) is 30.5 Å². The molecule has 0 aromatic heterocycles. The average molecular weight is 296 g/mol. The van der Waals surface area contributed by atoms with Gasteiger partial charge >= 0.3 is 0 Å². The van der Waals surface area contributed by atoms with Gasteiger partial charge in [-0.15, -0.1) is 0 Å². The molecule has 0 spiro atoms. The second-order valence-corrected chi connectivity index (χ2v) is 6.94. The largest absolute Gasteiger partial charge is 0.262 e. The second kappa shape index (κ2) is 5.58. The van der Waals surface area contributed by atoms with Crippen molar-refractivity contribution in [1.82, 2.24) is 4.90 Å². The van der Waals surface area contributed by atoms with E-state index in [1.54, 1.807) is 0 Å². The lowest BCUT2D eigenvalue weighted by atomic mass is 9.81. The van der Waals surface area contributed by atoms with Gasteiger partial charge in [0.2, 0.25) is 5.69 Å². The first-order chi connectivity index (χ1) is 10.5. The molecule has 0 unspecified atom stereocenters. The molecule has 1 aromatic carbocycles. The molecule has 0 N–H and O–H groups in total. The molecule has 0 amide bonds. The van der Waals surface area contributed by atoms with Crippen LogP contribution in [0.25, 0.3) is 5.57 Å². The molecule has 1 aromatic rings. The topological polar surface area (TPSA) is 6.25 Å². The minimum absolute atomic E-state index is 0.130. The van der Waals surface area contributed by atoms with E-state index in [0.29, 0.717) is 0 Å². The Morgan fingerprint density at radius 2 is 2.05 bits per heavy atom. The van der Waals surface area contributed by atoms with Crippen molar-refractivity contribution in [2.24, 2.45) is 0 Å². The first-order valence-electron chi connectivity index (χ1n) is 8.50. The van der Waals surface area contributed by atoms with Gasteiger partial charge in [-0.2, -0.15) is 4.58 Å². The van der Waals surface area contributed by atoms with E-state index < -0.39 is 0 Å². The number of rotatable bonds is 3. The van der Waals surface area contributed by atoms with E-state index in [4.69, 9.17) is 0 Å². The summed E-state index contributed by atoms with van der Waals surface area (Å²) in [6.07, 6.45) is 4.60. The highest BCUT2D eigenvalue weighted by atomic mass is 15.1. The van der Waals surface area contributed by atoms with Crippen molar-refractivity contribution in [2.75, 3.05) is 26.2 Å². The molecule has 0 saturated heterocycles. The van der Waals surface area contributed by atoms with Gasteiger partial charge in [0, 0.05) is 18.6 Å². The first-order valence-corrected chi connectivity index (χ1v) is 8.50. The number of fused-ring (bicyclic) bond motifs is 1. The number of nitrogens with zero attached hydrogens (tertiary/aromatic N) is 2. The van der Waals surface area contributed by atoms with Crippen molar-refractivity contribution >= 4 is 17.0 Å². The van der Waals surface area contributed by atoms with Crippen LogP contribution in [0.5, 0.6) is 0 Å². The maximum absolute atomic E-state index is 2.48. The Morgan fingerprint density at radius 1 is 1.27 bits per heavy atom. The van der Waals surface area contributed by atoms with Gasteiger partial charge in [-0.05, 0) is 39.4 Å². The lowest BCUT2D eigenvalue weighted by Gasteiger charge is -2.20. The molecular weight excluding hydrogens is 268 g/mol. The van der Waals surface area contributed by atoms with Gasteiger partial charge in [0.25, 0.3) is 0 Å². The standard InChI is InChI=1S/C20H28N2/c1-6-21-12-8-9-17(14-21)16-10-11-19-18(13-16)20(4,5)15(3)22(19)7-2/h8-11,13H,6-7,12,14H2,1-5H3/q+2. The zero-order valence-corrected chi connectivity index (χ0v) is 14.6. The predicted molar refractivity (Wildman–Crippen MR) is 95.0 cm³/mol. The Morgan fingerprint density at radius 3 is 2.73 bits per heavy atom. The summed E-state index contributed by atoms with van der Waals surface area (Å²) in [4.78, 5) is 2.48. The third-order valence-corrected chi connectivity index (χ3v) is 5.48. The molecule has 2 heteroatoms. The summed E-state index contributed by atoms with van der Waals surface area (Å²) in [6, 6.07) is 7.04. The number of hydrogen-bond acceptors (Lipinski definition) is 1. The number of benzene rings is 1. The van der Waals surface area contributed by atoms with Crippen LogP contribution in [0.2, 0.25) is 0 Å². The van der Waals surface area contributed by atoms with Crippen LogP contribution in [0.4, 0.5) is 5.69 Å². The quantitative estimate of drug-likeness (QED) is 0.603. The Balaban J connectivity index is 2.01. The molecule has 2 aliphatic rings. The summed E-state index contributed by atoms with van der Waals surface area (Å²) in [7, 11) is 0. The highest BCUT2D eigenvalue weighted by Gasteiger charge is 2.43. The van der Waals surface area contributed by atoms with Gasteiger partial charge in [-0.25, -0.2) is 0 Å². The minimum Gasteiger partial charge on any atom is -0.262 e. The van der Waals surface area contributed by atoms with Crippen LogP contribution in [0.3, 0.4) is 0 Å². The molecule has 2 heterocycles. The van der Waals surface area contributed by atoms with Gasteiger partial charge in [0.15, 0.2) is 5.71 Å². The highest BCUT2D eigenvalue weighted by Crippen LogP contribution is 2.40. The van der Waals surface area contributed by atoms with Crippen molar-refractivity contribution < 1.29 is 4.58 Å². The summed E-state index contributed by atoms with van der Waals surface area (Å²) >= 11 is 0. The Labute approximate surface area is 135 Å². The van der Waals surface area contributed by atoms with Crippen molar-refractivity contribution in [2.45, 2.75) is 40.0 Å². The van der Waals surface area contributed by atoms with Gasteiger partial charge in [-0.1, -0.05) is 6.92 Å². The molecule has 0 bridgehead atoms. The fraction of sp³-hybridized carbons (Fsp3) is 0.500. The van der Waals surface area contributed by atoms with E-state index in [1.165, 1.54) is 28.1 Å². The smallest absolute Gasteiger partial charge is 0.209 e. The zero-order valence-electron chi connectivity index (χ0n) is 14.6. The summed E-state index contributed by atoms with van der Waals surface area (Å²) in [5.74, 6) is 0. The minimum atomic E-state index is 0.130. The molecule has 22 heavy (non-hydrogen) atoms. The van der Waals surface area contributed by atoms with Crippen LogP contribution in [0.15, 0.2) is 24.3 Å². The van der Waals surface area contributed by atoms with Crippen molar-refractivity contribution in [1.29, 1.82) is 0 Å². The van der Waals surface area contributed by atoms with E-state index in [1.807, 2.05) is 0 Å². The molecule has 0 radical (unpaired) electrons. The summed E-state index contributed by atoms with van der Waals surface area (Å²) < 4.78 is 2.46. The van der Waals surface area contributed by atoms with E-state index in [0.717, 1.165) is 26.2 Å². The normalized spacial score (nSPS) is 20.7. The summed E-state index contributed by atoms with van der Waals surface area (Å²) in [5, 5.41) is 0. The van der Waals surface area contributed by atoms with Gasteiger partial charge < -0.3 is 0 Å². The predicted octanol–water partition coefficient (Wildman–Crippen LogP) is 4.03. The third kappa shape index (κ3) is 2.30. The maximum Gasteiger partial charge on any atom is 0.209 e. The van der Waals surface area contributed by atoms with Crippen LogP contribution < -0.4 is 0 Å². The van der Waals surface area contributed by atoms with E-state index in [2.05, 4.69) is 74.8 Å². The van der Waals surface area contributed by atoms with Gasteiger partial charge in [-0.3, -0.25) is 4.90 Å². The fourth-order valence-corrected chi connectivity index (χ4v) is 3.72. The summed E-state index contributed by atoms with van der Waals surface area (Å²) in [6.45, 7) is 15.7. The van der Waals surface area contributed by atoms with E-state index in [9.17, 15) is 0 Å². The lowest BCUT2D eigenvalue weighted by molar-refractivity contribution is -0.434. The summed E-state index contributed by atoms with van der Waals surface area (Å²) in [5.41, 5.74) is 7.28. The molecule has 2 aliphatic heterocycles. The van der Waals surface area contributed by atoms with Crippen LogP contribution in [-0.4, -0.2) is 41.4 Å². The molecule has 116 valence electrons. The number of likely N-dealkylation sites (N-methyl/N-ethyl adjacent to an activating group) is 1. The average Bonchev–Trinajstić information content (AvgIpc) is 2.74. The molecule has 0 atom stereocenters. The fourth-order valence-electron chi connectivity index (χ4n) is 3.72. The Hall–Kier alpha value is -1.54. The second-order valence-electron chi connectivity index (χ2n) is 6.94. The van der Waals surface area contributed by atoms with Crippen molar-refractivity contribution in [3.8, 4) is 0 Å². The lowest BCUT2D eigenvalue weighted by Crippen LogP contribution is -2.29. The van der Waals surface area contributed by atoms with Crippen LogP contribution in [0, 0.1) is 6.42 Å². The van der Waals surface area contributed by atoms with E-state index >= 15 is 0 Å². The van der Waals surface area contributed by atoms with Crippen molar-refractivity contribution in [3.63, 3.8) is 0 Å². The Kier molecular flexibility index (Phi) is 3.90. The van der Waals surface area contributed by atoms with Crippen LogP contribution >= 0.6 is 0 Å².